The van der Waals surface area contributed by atoms with Crippen LogP contribution >= 0.6 is 0 Å². The minimum atomic E-state index is -0.707. The molecule has 1 aromatic carbocycles. The SMILES string of the molecule is N#Cc1c(-c2ccc[nH]2)cc(-c2cc(F)cc(F)c2)nc1N. The zero-order valence-electron chi connectivity index (χ0n) is 11.3. The van der Waals surface area contributed by atoms with Gasteiger partial charge in [0, 0.05) is 29.1 Å². The molecule has 3 rings (SSSR count). The van der Waals surface area contributed by atoms with Crippen LogP contribution in [-0.4, -0.2) is 9.97 Å². The van der Waals surface area contributed by atoms with E-state index >= 15 is 0 Å². The van der Waals surface area contributed by atoms with Crippen LogP contribution in [0.5, 0.6) is 0 Å². The summed E-state index contributed by atoms with van der Waals surface area (Å²) in [5.41, 5.74) is 7.77. The number of nitriles is 1. The standard InChI is InChI=1S/C16H10F2N4/c17-10-4-9(5-11(18)6-10)15-7-12(14-2-1-3-21-14)13(8-19)16(20)22-15/h1-7,21H,(H2,20,22). The molecular weight excluding hydrogens is 286 g/mol. The summed E-state index contributed by atoms with van der Waals surface area (Å²) in [4.78, 5) is 7.05. The fourth-order valence-electron chi connectivity index (χ4n) is 2.24. The summed E-state index contributed by atoms with van der Waals surface area (Å²) in [5.74, 6) is -1.41. The number of H-pyrrole nitrogens is 1. The fraction of sp³-hybridized carbons (Fsp3) is 0. The third-order valence-electron chi connectivity index (χ3n) is 3.21. The van der Waals surface area contributed by atoms with E-state index in [0.717, 1.165) is 18.2 Å². The van der Waals surface area contributed by atoms with Gasteiger partial charge in [-0.2, -0.15) is 5.26 Å². The summed E-state index contributed by atoms with van der Waals surface area (Å²) in [6.07, 6.45) is 1.70. The van der Waals surface area contributed by atoms with Crippen LogP contribution in [0.1, 0.15) is 5.56 Å². The van der Waals surface area contributed by atoms with Crippen LogP contribution in [-0.2, 0) is 0 Å². The molecule has 4 nitrogen and oxygen atoms in total. The predicted molar refractivity (Wildman–Crippen MR) is 78.5 cm³/mol. The minimum absolute atomic E-state index is 0.00858. The van der Waals surface area contributed by atoms with Crippen LogP contribution in [0.15, 0.2) is 42.6 Å². The molecule has 0 bridgehead atoms. The number of nitrogens with two attached hydrogens (primary N) is 1. The van der Waals surface area contributed by atoms with Gasteiger partial charge in [0.05, 0.1) is 5.69 Å². The molecule has 0 radical (unpaired) electrons. The van der Waals surface area contributed by atoms with E-state index in [1.807, 2.05) is 6.07 Å². The molecule has 0 fully saturated rings. The van der Waals surface area contributed by atoms with Gasteiger partial charge in [0.2, 0.25) is 0 Å². The monoisotopic (exact) mass is 296 g/mol. The van der Waals surface area contributed by atoms with E-state index in [4.69, 9.17) is 5.73 Å². The van der Waals surface area contributed by atoms with Crippen molar-refractivity contribution in [2.45, 2.75) is 0 Å². The second-order valence-corrected chi connectivity index (χ2v) is 4.67. The molecule has 2 aromatic heterocycles. The first-order chi connectivity index (χ1) is 10.6. The largest absolute Gasteiger partial charge is 0.383 e. The molecule has 108 valence electrons. The number of aromatic nitrogens is 2. The van der Waals surface area contributed by atoms with Gasteiger partial charge in [-0.15, -0.1) is 0 Å². The van der Waals surface area contributed by atoms with Gasteiger partial charge < -0.3 is 10.7 Å². The molecule has 0 aliphatic heterocycles. The number of rotatable bonds is 2. The summed E-state index contributed by atoms with van der Waals surface area (Å²) >= 11 is 0. The van der Waals surface area contributed by atoms with Crippen LogP contribution in [0.25, 0.3) is 22.5 Å². The number of pyridine rings is 1. The van der Waals surface area contributed by atoms with Gasteiger partial charge in [-0.05, 0) is 30.3 Å². The number of halogens is 2. The lowest BCUT2D eigenvalue weighted by molar-refractivity contribution is 0.584. The number of hydrogen-bond donors (Lipinski definition) is 2. The van der Waals surface area contributed by atoms with E-state index in [1.54, 1.807) is 24.4 Å². The third kappa shape index (κ3) is 2.40. The highest BCUT2D eigenvalue weighted by atomic mass is 19.1. The first-order valence-corrected chi connectivity index (χ1v) is 6.39. The Morgan fingerprint density at radius 1 is 1.14 bits per heavy atom. The molecular formula is C16H10F2N4. The van der Waals surface area contributed by atoms with Crippen molar-refractivity contribution in [3.8, 4) is 28.6 Å². The lowest BCUT2D eigenvalue weighted by Crippen LogP contribution is -2.00. The average Bonchev–Trinajstić information content (AvgIpc) is 2.99. The van der Waals surface area contributed by atoms with Gasteiger partial charge in [-0.3, -0.25) is 0 Å². The van der Waals surface area contributed by atoms with E-state index in [2.05, 4.69) is 9.97 Å². The van der Waals surface area contributed by atoms with Crippen LogP contribution in [0.4, 0.5) is 14.6 Å². The van der Waals surface area contributed by atoms with Crippen LogP contribution in [0.3, 0.4) is 0 Å². The second-order valence-electron chi connectivity index (χ2n) is 4.67. The number of nitrogen functional groups attached to an aromatic ring is 1. The molecule has 6 heteroatoms. The highest BCUT2D eigenvalue weighted by Crippen LogP contribution is 2.30. The van der Waals surface area contributed by atoms with E-state index in [1.165, 1.54) is 0 Å². The molecule has 0 saturated carbocycles. The summed E-state index contributed by atoms with van der Waals surface area (Å²) in [6, 6.07) is 10.2. The highest BCUT2D eigenvalue weighted by Gasteiger charge is 2.14. The van der Waals surface area contributed by atoms with Gasteiger partial charge in [-0.25, -0.2) is 13.8 Å². The first kappa shape index (κ1) is 13.8. The normalized spacial score (nSPS) is 10.4. The molecule has 2 heterocycles. The molecule has 0 aliphatic rings. The maximum Gasteiger partial charge on any atom is 0.142 e. The summed E-state index contributed by atoms with van der Waals surface area (Å²) in [5, 5.41) is 9.24. The van der Waals surface area contributed by atoms with Crippen LogP contribution < -0.4 is 5.73 Å². The van der Waals surface area contributed by atoms with Crippen molar-refractivity contribution in [3.05, 3.63) is 59.8 Å². The average molecular weight is 296 g/mol. The van der Waals surface area contributed by atoms with Crippen LogP contribution in [0.2, 0.25) is 0 Å². The fourth-order valence-corrected chi connectivity index (χ4v) is 2.24. The van der Waals surface area contributed by atoms with Crippen molar-refractivity contribution >= 4 is 5.82 Å². The van der Waals surface area contributed by atoms with E-state index < -0.39 is 11.6 Å². The Bertz CT molecular complexity index is 860. The van der Waals surface area contributed by atoms with Gasteiger partial charge >= 0.3 is 0 Å². The van der Waals surface area contributed by atoms with Crippen LogP contribution in [0, 0.1) is 23.0 Å². The van der Waals surface area contributed by atoms with Gasteiger partial charge in [0.1, 0.15) is 29.1 Å². The zero-order valence-corrected chi connectivity index (χ0v) is 11.3. The van der Waals surface area contributed by atoms with Gasteiger partial charge in [-0.1, -0.05) is 0 Å². The molecule has 0 spiro atoms. The Morgan fingerprint density at radius 2 is 1.86 bits per heavy atom. The number of benzene rings is 1. The molecule has 0 saturated heterocycles. The Kier molecular flexibility index (Phi) is 3.31. The number of aromatic amines is 1. The summed E-state index contributed by atoms with van der Waals surface area (Å²) in [6.45, 7) is 0. The quantitative estimate of drug-likeness (QED) is 0.760. The van der Waals surface area contributed by atoms with Crippen molar-refractivity contribution in [3.63, 3.8) is 0 Å². The summed E-state index contributed by atoms with van der Waals surface area (Å²) < 4.78 is 26.8. The number of anilines is 1. The Morgan fingerprint density at radius 3 is 2.45 bits per heavy atom. The van der Waals surface area contributed by atoms with Crippen molar-refractivity contribution in [2.75, 3.05) is 5.73 Å². The van der Waals surface area contributed by atoms with Gasteiger partial charge in [0.25, 0.3) is 0 Å². The van der Waals surface area contributed by atoms with Crippen molar-refractivity contribution in [1.82, 2.24) is 9.97 Å². The smallest absolute Gasteiger partial charge is 0.142 e. The first-order valence-electron chi connectivity index (χ1n) is 6.39. The number of nitrogens with one attached hydrogen (secondary N) is 1. The highest BCUT2D eigenvalue weighted by molar-refractivity contribution is 5.78. The number of hydrogen-bond acceptors (Lipinski definition) is 3. The van der Waals surface area contributed by atoms with Gasteiger partial charge in [0.15, 0.2) is 0 Å². The lowest BCUT2D eigenvalue weighted by Gasteiger charge is -2.09. The predicted octanol–water partition coefficient (Wildman–Crippen LogP) is 3.48. The maximum atomic E-state index is 13.4. The van der Waals surface area contributed by atoms with Crippen molar-refractivity contribution in [1.29, 1.82) is 5.26 Å². The Balaban J connectivity index is 2.24. The van der Waals surface area contributed by atoms with Crippen molar-refractivity contribution in [2.24, 2.45) is 0 Å². The number of nitrogens with zero attached hydrogens (tertiary/aromatic N) is 2. The van der Waals surface area contributed by atoms with Crippen molar-refractivity contribution < 1.29 is 8.78 Å². The maximum absolute atomic E-state index is 13.4. The molecule has 3 aromatic rings. The Labute approximate surface area is 124 Å². The van der Waals surface area contributed by atoms with E-state index in [0.29, 0.717) is 17.0 Å². The zero-order chi connectivity index (χ0) is 15.7. The molecule has 0 aliphatic carbocycles. The minimum Gasteiger partial charge on any atom is -0.383 e. The lowest BCUT2D eigenvalue weighted by atomic mass is 10.0. The topological polar surface area (TPSA) is 78.5 Å². The second kappa shape index (κ2) is 5.30. The third-order valence-corrected chi connectivity index (χ3v) is 3.21. The molecule has 22 heavy (non-hydrogen) atoms. The van der Waals surface area contributed by atoms with E-state index in [9.17, 15) is 14.0 Å². The van der Waals surface area contributed by atoms with E-state index in [-0.39, 0.29) is 16.9 Å². The molecule has 0 atom stereocenters. The molecule has 3 N–H and O–H groups in total. The summed E-state index contributed by atoms with van der Waals surface area (Å²) in [7, 11) is 0. The molecule has 0 amide bonds. The molecule has 0 unspecified atom stereocenters. The Hall–Kier alpha value is -3.20.